The van der Waals surface area contributed by atoms with Crippen LogP contribution in [0.25, 0.3) is 0 Å². The maximum absolute atomic E-state index is 11.9. The number of ether oxygens (including phenoxy) is 1. The molecule has 0 radical (unpaired) electrons. The number of aliphatic hydroxyl groups excluding tert-OH is 1. The average molecular weight is 350 g/mol. The zero-order chi connectivity index (χ0) is 18.5. The first kappa shape index (κ1) is 21.6. The zero-order valence-electron chi connectivity index (χ0n) is 15.8. The molecule has 0 spiro atoms. The first-order chi connectivity index (χ1) is 12.1. The molecule has 0 heterocycles. The molecule has 0 aromatic rings. The van der Waals surface area contributed by atoms with E-state index in [-0.39, 0.29) is 23.8 Å². The fraction of sp³-hybridized carbons (Fsp3) is 0.714. The summed E-state index contributed by atoms with van der Waals surface area (Å²) in [5.74, 6) is 0.479. The molecule has 1 rings (SSSR count). The van der Waals surface area contributed by atoms with E-state index < -0.39 is 0 Å². The van der Waals surface area contributed by atoms with E-state index in [4.69, 9.17) is 0 Å². The van der Waals surface area contributed by atoms with Crippen molar-refractivity contribution in [2.45, 2.75) is 77.2 Å². The lowest BCUT2D eigenvalue weighted by Crippen LogP contribution is -2.16. The Morgan fingerprint density at radius 3 is 2.64 bits per heavy atom. The molecule has 25 heavy (non-hydrogen) atoms. The van der Waals surface area contributed by atoms with E-state index in [2.05, 4.69) is 23.8 Å². The van der Waals surface area contributed by atoms with Crippen molar-refractivity contribution in [3.8, 4) is 0 Å². The number of carbonyl (C=O) groups is 2. The van der Waals surface area contributed by atoms with Crippen LogP contribution < -0.4 is 0 Å². The molecule has 0 aromatic heterocycles. The summed E-state index contributed by atoms with van der Waals surface area (Å²) < 4.78 is 4.61. The number of hydrogen-bond acceptors (Lipinski definition) is 4. The molecule has 1 aliphatic carbocycles. The van der Waals surface area contributed by atoms with Gasteiger partial charge in [0, 0.05) is 18.8 Å². The summed E-state index contributed by atoms with van der Waals surface area (Å²) in [7, 11) is 1.41. The largest absolute Gasteiger partial charge is 0.469 e. The van der Waals surface area contributed by atoms with Crippen LogP contribution in [0.1, 0.15) is 71.1 Å². The van der Waals surface area contributed by atoms with E-state index >= 15 is 0 Å². The number of allylic oxidation sites excluding steroid dienone is 3. The third kappa shape index (κ3) is 9.01. The monoisotopic (exact) mass is 350 g/mol. The van der Waals surface area contributed by atoms with Crippen molar-refractivity contribution in [3.05, 3.63) is 24.3 Å². The summed E-state index contributed by atoms with van der Waals surface area (Å²) in [5.41, 5.74) is 0. The number of esters is 1. The summed E-state index contributed by atoms with van der Waals surface area (Å²) in [4.78, 5) is 22.9. The Bertz CT molecular complexity index is 453. The van der Waals surface area contributed by atoms with Gasteiger partial charge in [0.05, 0.1) is 13.2 Å². The molecule has 142 valence electrons. The second kappa shape index (κ2) is 12.9. The highest BCUT2D eigenvalue weighted by Crippen LogP contribution is 2.35. The maximum atomic E-state index is 11.9. The van der Waals surface area contributed by atoms with Crippen LogP contribution in [0.4, 0.5) is 0 Å². The fourth-order valence-corrected chi connectivity index (χ4v) is 3.35. The molecular formula is C21H34O4. The first-order valence-corrected chi connectivity index (χ1v) is 9.69. The lowest BCUT2D eigenvalue weighted by molar-refractivity contribution is -0.140. The highest BCUT2D eigenvalue weighted by atomic mass is 16.5. The first-order valence-electron chi connectivity index (χ1n) is 9.69. The Morgan fingerprint density at radius 2 is 1.92 bits per heavy atom. The third-order valence-electron chi connectivity index (χ3n) is 4.94. The highest BCUT2D eigenvalue weighted by molar-refractivity contribution is 5.89. The third-order valence-corrected chi connectivity index (χ3v) is 4.94. The van der Waals surface area contributed by atoms with Crippen LogP contribution in [0.5, 0.6) is 0 Å². The number of unbranched alkanes of at least 4 members (excludes halogenated alkanes) is 3. The predicted molar refractivity (Wildman–Crippen MR) is 100 cm³/mol. The van der Waals surface area contributed by atoms with E-state index in [0.29, 0.717) is 18.8 Å². The van der Waals surface area contributed by atoms with Crippen LogP contribution in [0.2, 0.25) is 0 Å². The molecule has 3 atom stereocenters. The summed E-state index contributed by atoms with van der Waals surface area (Å²) in [6, 6.07) is 0. The SMILES string of the molecule is CCCCCC(=O)/C=C/[C@@H]1[C@@H](C/C=C\CCCC(=O)OC)CC[C@H]1O. The topological polar surface area (TPSA) is 63.6 Å². The molecule has 0 aliphatic heterocycles. The molecule has 1 N–H and O–H groups in total. The van der Waals surface area contributed by atoms with E-state index in [1.807, 2.05) is 6.08 Å². The van der Waals surface area contributed by atoms with Crippen molar-refractivity contribution in [2.24, 2.45) is 11.8 Å². The van der Waals surface area contributed by atoms with Crippen molar-refractivity contribution in [1.29, 1.82) is 0 Å². The van der Waals surface area contributed by atoms with Gasteiger partial charge in [-0.05, 0) is 50.5 Å². The molecule has 1 fully saturated rings. The molecule has 4 nitrogen and oxygen atoms in total. The van der Waals surface area contributed by atoms with Gasteiger partial charge in [-0.25, -0.2) is 0 Å². The molecule has 0 saturated heterocycles. The molecule has 0 amide bonds. The van der Waals surface area contributed by atoms with Crippen LogP contribution >= 0.6 is 0 Å². The van der Waals surface area contributed by atoms with Crippen LogP contribution in [-0.2, 0) is 14.3 Å². The second-order valence-electron chi connectivity index (χ2n) is 6.94. The van der Waals surface area contributed by atoms with Crippen LogP contribution in [0.15, 0.2) is 24.3 Å². The summed E-state index contributed by atoms with van der Waals surface area (Å²) in [6.45, 7) is 2.13. The Labute approximate surface area is 152 Å². The molecule has 0 unspecified atom stereocenters. The number of hydrogen-bond donors (Lipinski definition) is 1. The standard InChI is InChI=1S/C21H34O4/c1-3-4-7-11-18(22)14-15-19-17(13-16-20(19)23)10-8-5-6-9-12-21(24)25-2/h5,8,14-15,17,19-20,23H,3-4,6-7,9-13,16H2,1-2H3/b8-5-,15-14+/t17-,19+,20+/m0/s1. The fourth-order valence-electron chi connectivity index (χ4n) is 3.35. The second-order valence-corrected chi connectivity index (χ2v) is 6.94. The summed E-state index contributed by atoms with van der Waals surface area (Å²) >= 11 is 0. The quantitative estimate of drug-likeness (QED) is 0.246. The van der Waals surface area contributed by atoms with Crippen LogP contribution in [-0.4, -0.2) is 30.1 Å². The Hall–Kier alpha value is -1.42. The predicted octanol–water partition coefficient (Wildman–Crippen LogP) is 4.37. The average Bonchev–Trinajstić information content (AvgIpc) is 2.96. The smallest absolute Gasteiger partial charge is 0.305 e. The van der Waals surface area contributed by atoms with Crippen molar-refractivity contribution < 1.29 is 19.4 Å². The van der Waals surface area contributed by atoms with Crippen LogP contribution in [0.3, 0.4) is 0 Å². The summed E-state index contributed by atoms with van der Waals surface area (Å²) in [5, 5.41) is 10.2. The van der Waals surface area contributed by atoms with Crippen molar-refractivity contribution in [2.75, 3.05) is 7.11 Å². The molecule has 1 aliphatic rings. The van der Waals surface area contributed by atoms with Gasteiger partial charge in [-0.1, -0.05) is 38.0 Å². The van der Waals surface area contributed by atoms with Crippen molar-refractivity contribution in [3.63, 3.8) is 0 Å². The van der Waals surface area contributed by atoms with E-state index in [1.165, 1.54) is 7.11 Å². The molecule has 0 bridgehead atoms. The number of carbonyl (C=O) groups excluding carboxylic acids is 2. The number of rotatable bonds is 12. The maximum Gasteiger partial charge on any atom is 0.305 e. The van der Waals surface area contributed by atoms with Gasteiger partial charge in [0.25, 0.3) is 0 Å². The van der Waals surface area contributed by atoms with E-state index in [0.717, 1.165) is 51.4 Å². The Morgan fingerprint density at radius 1 is 1.12 bits per heavy atom. The van der Waals surface area contributed by atoms with E-state index in [1.54, 1.807) is 6.08 Å². The lowest BCUT2D eigenvalue weighted by atomic mass is 9.90. The van der Waals surface area contributed by atoms with Gasteiger partial charge < -0.3 is 9.84 Å². The number of methoxy groups -OCH3 is 1. The van der Waals surface area contributed by atoms with Gasteiger partial charge in [0.2, 0.25) is 0 Å². The van der Waals surface area contributed by atoms with Gasteiger partial charge in [0.1, 0.15) is 0 Å². The lowest BCUT2D eigenvalue weighted by Gasteiger charge is -2.17. The Kier molecular flexibility index (Phi) is 11.1. The Balaban J connectivity index is 2.35. The molecule has 0 aromatic carbocycles. The molecule has 1 saturated carbocycles. The van der Waals surface area contributed by atoms with Gasteiger partial charge >= 0.3 is 5.97 Å². The minimum absolute atomic E-state index is 0.0786. The zero-order valence-corrected chi connectivity index (χ0v) is 15.8. The number of aliphatic hydroxyl groups is 1. The van der Waals surface area contributed by atoms with Gasteiger partial charge in [0.15, 0.2) is 5.78 Å². The van der Waals surface area contributed by atoms with E-state index in [9.17, 15) is 14.7 Å². The van der Waals surface area contributed by atoms with Crippen molar-refractivity contribution >= 4 is 11.8 Å². The normalized spacial score (nSPS) is 23.6. The molecule has 4 heteroatoms. The van der Waals surface area contributed by atoms with Gasteiger partial charge in [-0.3, -0.25) is 9.59 Å². The number of ketones is 1. The highest BCUT2D eigenvalue weighted by Gasteiger charge is 2.32. The van der Waals surface area contributed by atoms with Crippen molar-refractivity contribution in [1.82, 2.24) is 0 Å². The van der Waals surface area contributed by atoms with Gasteiger partial charge in [-0.2, -0.15) is 0 Å². The van der Waals surface area contributed by atoms with Crippen LogP contribution in [0, 0.1) is 11.8 Å². The summed E-state index contributed by atoms with van der Waals surface area (Å²) in [6.07, 6.45) is 16.1. The minimum Gasteiger partial charge on any atom is -0.469 e. The minimum atomic E-state index is -0.336. The molecular weight excluding hydrogens is 316 g/mol. The van der Waals surface area contributed by atoms with Gasteiger partial charge in [-0.15, -0.1) is 0 Å².